The van der Waals surface area contributed by atoms with Crippen LogP contribution in [0.1, 0.15) is 0 Å². The minimum absolute atomic E-state index is 0.0457. The van der Waals surface area contributed by atoms with Gasteiger partial charge in [0.1, 0.15) is 9.79 Å². The molecule has 152 valence electrons. The van der Waals surface area contributed by atoms with Crippen molar-refractivity contribution in [3.05, 3.63) is 84.9 Å². The Kier molecular flexibility index (Phi) is 8.57. The second kappa shape index (κ2) is 10.5. The Balaban J connectivity index is 0.000000197. The molecule has 9 heteroatoms. The molecule has 0 unspecified atom stereocenters. The molecule has 0 saturated heterocycles. The molecule has 0 aliphatic heterocycles. The van der Waals surface area contributed by atoms with Crippen molar-refractivity contribution in [2.75, 3.05) is 0 Å². The van der Waals surface area contributed by atoms with Crippen molar-refractivity contribution in [2.45, 2.75) is 14.0 Å². The Morgan fingerprint density at radius 3 is 1.17 bits per heavy atom. The third kappa shape index (κ3) is 6.12. The van der Waals surface area contributed by atoms with Gasteiger partial charge in [0.05, 0.1) is 0 Å². The summed E-state index contributed by atoms with van der Waals surface area (Å²) >= 11 is 1.31. The van der Waals surface area contributed by atoms with Crippen molar-refractivity contribution >= 4 is 69.7 Å². The van der Waals surface area contributed by atoms with E-state index >= 15 is 0 Å². The van der Waals surface area contributed by atoms with Gasteiger partial charge in [-0.2, -0.15) is 16.8 Å². The van der Waals surface area contributed by atoms with Gasteiger partial charge in [-0.1, -0.05) is 72.8 Å². The van der Waals surface area contributed by atoms with Crippen molar-refractivity contribution in [3.8, 4) is 0 Å². The van der Waals surface area contributed by atoms with Crippen molar-refractivity contribution in [2.24, 2.45) is 0 Å². The van der Waals surface area contributed by atoms with Crippen LogP contribution in [0.25, 0.3) is 21.5 Å². The second-order valence-corrected chi connectivity index (χ2v) is 8.68. The van der Waals surface area contributed by atoms with Crippen LogP contribution in [0.4, 0.5) is 0 Å². The van der Waals surface area contributed by atoms with Gasteiger partial charge in [-0.3, -0.25) is 9.11 Å². The Morgan fingerprint density at radius 1 is 0.533 bits per heavy atom. The summed E-state index contributed by atoms with van der Waals surface area (Å²) in [6, 6.07) is 23.6. The molecule has 0 amide bonds. The predicted molar refractivity (Wildman–Crippen MR) is 119 cm³/mol. The number of benzene rings is 4. The second-order valence-electron chi connectivity index (χ2n) is 5.90. The monoisotopic (exact) mass is 454 g/mol. The fraction of sp³-hybridized carbons (Fsp3) is 0.0476. The van der Waals surface area contributed by atoms with Crippen molar-refractivity contribution in [1.29, 1.82) is 0 Å². The third-order valence-electron chi connectivity index (χ3n) is 4.06. The van der Waals surface area contributed by atoms with Gasteiger partial charge in [0, 0.05) is 10.8 Å². The Hall–Kier alpha value is -1.78. The van der Waals surface area contributed by atoms with Gasteiger partial charge in [0.15, 0.2) is 0 Å². The van der Waals surface area contributed by atoms with E-state index in [-0.39, 0.29) is 9.79 Å². The van der Waals surface area contributed by atoms with Crippen LogP contribution in [0.3, 0.4) is 0 Å². The predicted octanol–water partition coefficient (Wildman–Crippen LogP) is 4.38. The Bertz CT molecular complexity index is 1250. The average molecular weight is 455 g/mol. The summed E-state index contributed by atoms with van der Waals surface area (Å²) in [5.74, 6) is 0. The summed E-state index contributed by atoms with van der Waals surface area (Å²) < 4.78 is 64.1. The van der Waals surface area contributed by atoms with E-state index in [9.17, 15) is 16.8 Å². The molecule has 2 N–H and O–H groups in total. The van der Waals surface area contributed by atoms with Crippen LogP contribution < -0.4 is 0 Å². The number of hydrogen-bond donors (Lipinski definition) is 2. The number of rotatable bonds is 2. The standard InChI is InChI=1S/2C10H8O3S.CH3.Na/c2*11-14(12,13)10-7-3-5-8-4-1-2-6-9(8)10;;/h2*1-7H,(H,11,12,13);1H3;. The Labute approximate surface area is 193 Å². The summed E-state index contributed by atoms with van der Waals surface area (Å²) in [5.41, 5.74) is 0. The van der Waals surface area contributed by atoms with Crippen LogP contribution in [0.15, 0.2) is 94.7 Å². The average Bonchev–Trinajstić information content (AvgIpc) is 2.73. The first kappa shape index (κ1) is 24.5. The van der Waals surface area contributed by atoms with E-state index in [1.54, 1.807) is 60.7 Å². The summed E-state index contributed by atoms with van der Waals surface area (Å²) in [7, 11) is -8.26. The van der Waals surface area contributed by atoms with Gasteiger partial charge in [-0.25, -0.2) is 0 Å². The first-order valence-electron chi connectivity index (χ1n) is 9.08. The number of fused-ring (bicyclic) bond motifs is 2. The van der Waals surface area contributed by atoms with Crippen LogP contribution >= 0.6 is 0 Å². The quantitative estimate of drug-likeness (QED) is 0.344. The van der Waals surface area contributed by atoms with E-state index < -0.39 is 20.2 Å². The summed E-state index contributed by atoms with van der Waals surface area (Å²) in [5, 5.41) is 2.67. The molecule has 4 rings (SSSR count). The van der Waals surface area contributed by atoms with Crippen LogP contribution in [-0.2, 0) is 20.2 Å². The Morgan fingerprint density at radius 2 is 0.833 bits per heavy atom. The van der Waals surface area contributed by atoms with Gasteiger partial charge in [-0.15, -0.1) is 0 Å². The van der Waals surface area contributed by atoms with E-state index in [0.717, 1.165) is 10.8 Å². The fourth-order valence-electron chi connectivity index (χ4n) is 2.84. The van der Waals surface area contributed by atoms with E-state index in [1.165, 1.54) is 40.1 Å². The molecule has 0 radical (unpaired) electrons. The van der Waals surface area contributed by atoms with Crippen molar-refractivity contribution in [1.82, 2.24) is 0 Å². The zero-order valence-corrected chi connectivity index (χ0v) is 20.1. The molecule has 4 aromatic rings. The molecular weight excluding hydrogens is 435 g/mol. The number of hydrogen-bond acceptors (Lipinski definition) is 4. The molecule has 0 bridgehead atoms. The van der Waals surface area contributed by atoms with Crippen LogP contribution in [0, 0.1) is 0 Å². The maximum absolute atomic E-state index is 11.0. The van der Waals surface area contributed by atoms with Gasteiger partial charge in [-0.05, 0) is 22.9 Å². The zero-order chi connectivity index (χ0) is 22.4. The van der Waals surface area contributed by atoms with Crippen LogP contribution in [0.5, 0.6) is 0 Å². The van der Waals surface area contributed by atoms with Crippen molar-refractivity contribution < 1.29 is 25.9 Å². The third-order valence-corrected chi connectivity index (χ3v) is 5.88. The first-order chi connectivity index (χ1) is 14.2. The molecule has 0 aliphatic rings. The fourth-order valence-corrected chi connectivity index (χ4v) is 4.27. The topological polar surface area (TPSA) is 109 Å². The molecule has 0 aliphatic carbocycles. The molecule has 6 nitrogen and oxygen atoms in total. The summed E-state index contributed by atoms with van der Waals surface area (Å²) in [4.78, 5) is -0.0915. The minimum atomic E-state index is -4.13. The van der Waals surface area contributed by atoms with E-state index in [0.29, 0.717) is 10.8 Å². The maximum atomic E-state index is 11.0. The molecule has 0 fully saturated rings. The molecule has 0 atom stereocenters. The van der Waals surface area contributed by atoms with Gasteiger partial charge >= 0.3 is 32.1 Å². The van der Waals surface area contributed by atoms with Crippen LogP contribution in [-0.4, -0.2) is 53.9 Å². The summed E-state index contributed by atoms with van der Waals surface area (Å²) in [6.07, 6.45) is 0. The van der Waals surface area contributed by atoms with Gasteiger partial charge in [0.25, 0.3) is 20.2 Å². The normalized spacial score (nSPS) is 11.2. The zero-order valence-electron chi connectivity index (χ0n) is 16.4. The van der Waals surface area contributed by atoms with E-state index in [4.69, 9.17) is 9.11 Å². The molecule has 30 heavy (non-hydrogen) atoms. The first-order valence-corrected chi connectivity index (χ1v) is 14.0. The molecule has 4 aromatic carbocycles. The summed E-state index contributed by atoms with van der Waals surface area (Å²) in [6.45, 7) is 0. The molecule has 0 aromatic heterocycles. The van der Waals surface area contributed by atoms with Gasteiger partial charge < -0.3 is 0 Å². The van der Waals surface area contributed by atoms with Gasteiger partial charge in [0.2, 0.25) is 0 Å². The molecule has 0 spiro atoms. The van der Waals surface area contributed by atoms with E-state index in [1.807, 2.05) is 12.1 Å². The van der Waals surface area contributed by atoms with E-state index in [2.05, 4.69) is 4.17 Å². The molecule has 0 heterocycles. The van der Waals surface area contributed by atoms with Crippen molar-refractivity contribution in [3.63, 3.8) is 0 Å². The SMILES string of the molecule is O=S(=O)(O)c1cccc2ccccc12.O=S(=O)(O)c1cccc2ccccc12.[CH3][Na]. The molecular formula is C21H19NaO6S2. The van der Waals surface area contributed by atoms with Crippen LogP contribution in [0.2, 0.25) is 4.17 Å². The molecule has 0 saturated carbocycles.